The fourth-order valence-electron chi connectivity index (χ4n) is 3.03. The highest BCUT2D eigenvalue weighted by Crippen LogP contribution is 2.10. The van der Waals surface area contributed by atoms with Crippen molar-refractivity contribution in [2.75, 3.05) is 44.2 Å². The third kappa shape index (κ3) is 4.93. The number of anilines is 1. The van der Waals surface area contributed by atoms with Gasteiger partial charge in [0.1, 0.15) is 0 Å². The van der Waals surface area contributed by atoms with Crippen molar-refractivity contribution in [3.8, 4) is 0 Å². The summed E-state index contributed by atoms with van der Waals surface area (Å²) in [6.07, 6.45) is 7.40. The van der Waals surface area contributed by atoms with Crippen LogP contribution in [-0.4, -0.2) is 69.9 Å². The predicted molar refractivity (Wildman–Crippen MR) is 103 cm³/mol. The second-order valence-corrected chi connectivity index (χ2v) is 6.55. The van der Waals surface area contributed by atoms with Gasteiger partial charge >= 0.3 is 0 Å². The van der Waals surface area contributed by atoms with Crippen molar-refractivity contribution in [3.63, 3.8) is 0 Å². The van der Waals surface area contributed by atoms with Gasteiger partial charge in [0.15, 0.2) is 5.96 Å². The second-order valence-electron chi connectivity index (χ2n) is 6.55. The van der Waals surface area contributed by atoms with Gasteiger partial charge in [-0.15, -0.1) is 0 Å². The predicted octanol–water partition coefficient (Wildman–Crippen LogP) is 1.10. The van der Waals surface area contributed by atoms with Crippen LogP contribution in [0.15, 0.2) is 41.9 Å². The average Bonchev–Trinajstić information content (AvgIpc) is 3.19. The summed E-state index contributed by atoms with van der Waals surface area (Å²) >= 11 is 0. The first-order chi connectivity index (χ1) is 12.8. The number of nitrogens with one attached hydrogen (secondary N) is 1. The van der Waals surface area contributed by atoms with Crippen molar-refractivity contribution in [1.29, 1.82) is 0 Å². The Balaban J connectivity index is 1.54. The maximum Gasteiger partial charge on any atom is 0.225 e. The highest BCUT2D eigenvalue weighted by Gasteiger charge is 2.21. The largest absolute Gasteiger partial charge is 0.357 e. The van der Waals surface area contributed by atoms with E-state index in [0.29, 0.717) is 5.92 Å². The molecule has 0 radical (unpaired) electrons. The standard InChI is InChI=1S/C18H28N8/c1-3-19-17(22-14-16(2)15-26-9-5-8-23-26)24-10-12-25(13-11-24)18-20-6-4-7-21-18/h4-9,16H,3,10-15H2,1-2H3,(H,19,22). The van der Waals surface area contributed by atoms with E-state index in [9.17, 15) is 0 Å². The Morgan fingerprint density at radius 2 is 1.92 bits per heavy atom. The number of nitrogens with zero attached hydrogens (tertiary/aromatic N) is 7. The van der Waals surface area contributed by atoms with Crippen molar-refractivity contribution in [2.24, 2.45) is 10.9 Å². The molecule has 2 aromatic heterocycles. The molecule has 1 aliphatic rings. The summed E-state index contributed by atoms with van der Waals surface area (Å²) in [6.45, 7) is 10.5. The summed E-state index contributed by atoms with van der Waals surface area (Å²) < 4.78 is 1.96. The van der Waals surface area contributed by atoms with Crippen LogP contribution in [0.3, 0.4) is 0 Å². The van der Waals surface area contributed by atoms with Crippen LogP contribution in [0.25, 0.3) is 0 Å². The summed E-state index contributed by atoms with van der Waals surface area (Å²) in [4.78, 5) is 18.1. The summed E-state index contributed by atoms with van der Waals surface area (Å²) in [5, 5.41) is 7.70. The third-order valence-electron chi connectivity index (χ3n) is 4.36. The van der Waals surface area contributed by atoms with E-state index in [1.165, 1.54) is 0 Å². The summed E-state index contributed by atoms with van der Waals surface area (Å²) in [5.74, 6) is 2.23. The van der Waals surface area contributed by atoms with E-state index >= 15 is 0 Å². The first-order valence-electron chi connectivity index (χ1n) is 9.29. The van der Waals surface area contributed by atoms with E-state index in [4.69, 9.17) is 4.99 Å². The van der Waals surface area contributed by atoms with Crippen LogP contribution in [0.4, 0.5) is 5.95 Å². The molecule has 0 aromatic carbocycles. The Bertz CT molecular complexity index is 662. The van der Waals surface area contributed by atoms with Gasteiger partial charge in [-0.1, -0.05) is 6.92 Å². The van der Waals surface area contributed by atoms with Gasteiger partial charge in [-0.2, -0.15) is 5.10 Å². The van der Waals surface area contributed by atoms with Crippen LogP contribution < -0.4 is 10.2 Å². The lowest BCUT2D eigenvalue weighted by Gasteiger charge is -2.36. The molecule has 3 rings (SSSR count). The van der Waals surface area contributed by atoms with Crippen LogP contribution in [0.5, 0.6) is 0 Å². The fourth-order valence-corrected chi connectivity index (χ4v) is 3.03. The van der Waals surface area contributed by atoms with Gasteiger partial charge in [-0.3, -0.25) is 9.67 Å². The zero-order chi connectivity index (χ0) is 18.2. The second kappa shape index (κ2) is 9.17. The Kier molecular flexibility index (Phi) is 6.40. The first kappa shape index (κ1) is 18.2. The molecule has 1 fully saturated rings. The lowest BCUT2D eigenvalue weighted by atomic mass is 10.2. The zero-order valence-electron chi connectivity index (χ0n) is 15.6. The molecule has 26 heavy (non-hydrogen) atoms. The number of aliphatic imine (C=N–C) groups is 1. The van der Waals surface area contributed by atoms with Gasteiger partial charge in [-0.25, -0.2) is 9.97 Å². The highest BCUT2D eigenvalue weighted by atomic mass is 15.4. The summed E-state index contributed by atoms with van der Waals surface area (Å²) in [5.41, 5.74) is 0. The molecule has 1 aliphatic heterocycles. The fraction of sp³-hybridized carbons (Fsp3) is 0.556. The van der Waals surface area contributed by atoms with E-state index in [2.05, 4.69) is 44.0 Å². The molecule has 0 bridgehead atoms. The zero-order valence-corrected chi connectivity index (χ0v) is 15.6. The Morgan fingerprint density at radius 3 is 2.58 bits per heavy atom. The maximum absolute atomic E-state index is 4.86. The summed E-state index contributed by atoms with van der Waals surface area (Å²) in [7, 11) is 0. The molecule has 2 aromatic rings. The SMILES string of the molecule is CCNC(=NCC(C)Cn1cccn1)N1CCN(c2ncccn2)CC1. The quantitative estimate of drug-likeness (QED) is 0.617. The Hall–Kier alpha value is -2.64. The minimum Gasteiger partial charge on any atom is -0.357 e. The highest BCUT2D eigenvalue weighted by molar-refractivity contribution is 5.80. The molecular formula is C18H28N8. The molecular weight excluding hydrogens is 328 g/mol. The van der Waals surface area contributed by atoms with Crippen LogP contribution in [-0.2, 0) is 6.54 Å². The lowest BCUT2D eigenvalue weighted by Crippen LogP contribution is -2.53. The van der Waals surface area contributed by atoms with Gasteiger partial charge in [0.05, 0.1) is 0 Å². The molecule has 0 aliphatic carbocycles. The number of hydrogen-bond donors (Lipinski definition) is 1. The van der Waals surface area contributed by atoms with Gasteiger partial charge in [0, 0.05) is 70.6 Å². The number of aromatic nitrogens is 4. The lowest BCUT2D eigenvalue weighted by molar-refractivity contribution is 0.367. The van der Waals surface area contributed by atoms with Crippen molar-refractivity contribution < 1.29 is 0 Å². The van der Waals surface area contributed by atoms with Crippen molar-refractivity contribution in [3.05, 3.63) is 36.9 Å². The van der Waals surface area contributed by atoms with Crippen LogP contribution >= 0.6 is 0 Å². The Labute approximate surface area is 155 Å². The van der Waals surface area contributed by atoms with Crippen molar-refractivity contribution >= 4 is 11.9 Å². The summed E-state index contributed by atoms with van der Waals surface area (Å²) in [6, 6.07) is 3.80. The molecule has 1 N–H and O–H groups in total. The number of hydrogen-bond acceptors (Lipinski definition) is 5. The van der Waals surface area contributed by atoms with E-state index in [1.54, 1.807) is 12.4 Å². The van der Waals surface area contributed by atoms with E-state index < -0.39 is 0 Å². The molecule has 0 saturated carbocycles. The molecule has 0 amide bonds. The topological polar surface area (TPSA) is 74.5 Å². The van der Waals surface area contributed by atoms with Crippen molar-refractivity contribution in [1.82, 2.24) is 30.0 Å². The number of rotatable bonds is 6. The van der Waals surface area contributed by atoms with Gasteiger partial charge in [-0.05, 0) is 25.0 Å². The van der Waals surface area contributed by atoms with E-state index in [-0.39, 0.29) is 0 Å². The molecule has 0 spiro atoms. The van der Waals surface area contributed by atoms with E-state index in [1.807, 2.05) is 29.2 Å². The van der Waals surface area contributed by atoms with Crippen LogP contribution in [0.2, 0.25) is 0 Å². The minimum absolute atomic E-state index is 0.433. The van der Waals surface area contributed by atoms with E-state index in [0.717, 1.165) is 57.7 Å². The maximum atomic E-state index is 4.86. The Morgan fingerprint density at radius 1 is 1.15 bits per heavy atom. The molecule has 1 saturated heterocycles. The van der Waals surface area contributed by atoms with Gasteiger partial charge in [0.25, 0.3) is 0 Å². The number of piperazine rings is 1. The van der Waals surface area contributed by atoms with Gasteiger partial charge in [0.2, 0.25) is 5.95 Å². The molecule has 140 valence electrons. The van der Waals surface area contributed by atoms with Crippen LogP contribution in [0.1, 0.15) is 13.8 Å². The molecule has 1 unspecified atom stereocenters. The third-order valence-corrected chi connectivity index (χ3v) is 4.36. The average molecular weight is 356 g/mol. The molecule has 1 atom stereocenters. The smallest absolute Gasteiger partial charge is 0.225 e. The monoisotopic (exact) mass is 356 g/mol. The normalized spacial score (nSPS) is 16.6. The molecule has 8 nitrogen and oxygen atoms in total. The van der Waals surface area contributed by atoms with Crippen molar-refractivity contribution in [2.45, 2.75) is 20.4 Å². The van der Waals surface area contributed by atoms with Gasteiger partial charge < -0.3 is 15.1 Å². The first-order valence-corrected chi connectivity index (χ1v) is 9.29. The molecule has 3 heterocycles. The minimum atomic E-state index is 0.433. The molecule has 8 heteroatoms. The number of guanidine groups is 1. The van der Waals surface area contributed by atoms with Crippen LogP contribution in [0, 0.1) is 5.92 Å².